The van der Waals surface area contributed by atoms with Crippen LogP contribution < -0.4 is 9.47 Å². The average Bonchev–Trinajstić information content (AvgIpc) is 3.22. The summed E-state index contributed by atoms with van der Waals surface area (Å²) >= 11 is 1.30. The Hall–Kier alpha value is -2.93. The van der Waals surface area contributed by atoms with Gasteiger partial charge in [-0.25, -0.2) is 9.59 Å². The molecule has 0 saturated carbocycles. The Kier molecular flexibility index (Phi) is 4.43. The van der Waals surface area contributed by atoms with Gasteiger partial charge in [-0.2, -0.15) is 0 Å². The monoisotopic (exact) mass is 343 g/mol. The van der Waals surface area contributed by atoms with E-state index in [0.29, 0.717) is 33.2 Å². The zero-order valence-corrected chi connectivity index (χ0v) is 13.8. The van der Waals surface area contributed by atoms with Gasteiger partial charge in [-0.05, 0) is 42.1 Å². The van der Waals surface area contributed by atoms with E-state index in [1.807, 2.05) is 0 Å². The Labute approximate surface area is 142 Å². The van der Waals surface area contributed by atoms with Crippen molar-refractivity contribution in [2.45, 2.75) is 6.92 Å². The molecule has 2 aromatic rings. The molecule has 0 atom stereocenters. The van der Waals surface area contributed by atoms with E-state index in [0.717, 1.165) is 0 Å². The third kappa shape index (κ3) is 3.21. The molecular formula is C17H13NO5S. The molecule has 1 aromatic heterocycles. The van der Waals surface area contributed by atoms with Gasteiger partial charge in [0.25, 0.3) is 0 Å². The van der Waals surface area contributed by atoms with E-state index >= 15 is 0 Å². The number of rotatable bonds is 4. The minimum Gasteiger partial charge on any atom is -0.493 e. The molecule has 122 valence electrons. The Balaban J connectivity index is 1.86. The summed E-state index contributed by atoms with van der Waals surface area (Å²) in [4.78, 5) is 28.7. The van der Waals surface area contributed by atoms with Gasteiger partial charge in [-0.15, -0.1) is 11.3 Å². The quantitative estimate of drug-likeness (QED) is 0.369. The maximum atomic E-state index is 12.0. The maximum Gasteiger partial charge on any atom is 0.367 e. The fourth-order valence-electron chi connectivity index (χ4n) is 2.09. The number of benzene rings is 1. The molecule has 0 bridgehead atoms. The predicted molar refractivity (Wildman–Crippen MR) is 89.4 cm³/mol. The summed E-state index contributed by atoms with van der Waals surface area (Å²) in [5, 5.41) is 5.42. The standard InChI is InChI=1S/C17H13NO5S/c1-10-12(16(19)23-18-10)8-11-5-6-13(14(9-11)21-2)22-17(20)15-4-3-7-24-15/h3-9H,1-2H3. The highest BCUT2D eigenvalue weighted by atomic mass is 32.1. The van der Waals surface area contributed by atoms with E-state index < -0.39 is 11.9 Å². The number of hydrogen-bond donors (Lipinski definition) is 0. The molecule has 0 spiro atoms. The highest BCUT2D eigenvalue weighted by Gasteiger charge is 2.22. The second-order valence-corrected chi connectivity index (χ2v) is 5.84. The van der Waals surface area contributed by atoms with Gasteiger partial charge in [0.1, 0.15) is 4.88 Å². The highest BCUT2D eigenvalue weighted by molar-refractivity contribution is 7.12. The maximum absolute atomic E-state index is 12.0. The summed E-state index contributed by atoms with van der Waals surface area (Å²) in [6.45, 7) is 1.69. The molecule has 0 aliphatic carbocycles. The van der Waals surface area contributed by atoms with Crippen molar-refractivity contribution in [3.8, 4) is 11.5 Å². The van der Waals surface area contributed by atoms with Crippen LogP contribution in [0, 0.1) is 0 Å². The summed E-state index contributed by atoms with van der Waals surface area (Å²) in [7, 11) is 1.48. The number of carbonyl (C=O) groups is 2. The Morgan fingerprint density at radius 2 is 2.12 bits per heavy atom. The first-order valence-electron chi connectivity index (χ1n) is 7.00. The van der Waals surface area contributed by atoms with E-state index in [2.05, 4.69) is 9.99 Å². The molecule has 6 nitrogen and oxygen atoms in total. The Morgan fingerprint density at radius 1 is 1.29 bits per heavy atom. The molecule has 0 amide bonds. The van der Waals surface area contributed by atoms with Crippen molar-refractivity contribution in [1.29, 1.82) is 0 Å². The molecule has 3 rings (SSSR count). The fraction of sp³-hybridized carbons (Fsp3) is 0.118. The van der Waals surface area contributed by atoms with Crippen LogP contribution in [0.1, 0.15) is 22.2 Å². The Bertz CT molecular complexity index is 852. The lowest BCUT2D eigenvalue weighted by Gasteiger charge is -2.09. The normalized spacial score (nSPS) is 15.2. The van der Waals surface area contributed by atoms with Crippen molar-refractivity contribution >= 4 is 35.1 Å². The molecular weight excluding hydrogens is 330 g/mol. The van der Waals surface area contributed by atoms with Gasteiger partial charge in [0.05, 0.1) is 18.4 Å². The van der Waals surface area contributed by atoms with Gasteiger partial charge < -0.3 is 14.3 Å². The van der Waals surface area contributed by atoms with Crippen LogP contribution in [-0.4, -0.2) is 24.8 Å². The van der Waals surface area contributed by atoms with Crippen LogP contribution in [0.4, 0.5) is 0 Å². The second kappa shape index (κ2) is 6.67. The summed E-state index contributed by atoms with van der Waals surface area (Å²) in [5.74, 6) is -0.260. The molecule has 24 heavy (non-hydrogen) atoms. The van der Waals surface area contributed by atoms with Crippen molar-refractivity contribution < 1.29 is 23.9 Å². The van der Waals surface area contributed by atoms with Crippen molar-refractivity contribution in [1.82, 2.24) is 0 Å². The van der Waals surface area contributed by atoms with E-state index in [-0.39, 0.29) is 0 Å². The van der Waals surface area contributed by atoms with Crippen LogP contribution in [0.3, 0.4) is 0 Å². The summed E-state index contributed by atoms with van der Waals surface area (Å²) < 4.78 is 10.6. The lowest BCUT2D eigenvalue weighted by Crippen LogP contribution is -2.07. The fourth-order valence-corrected chi connectivity index (χ4v) is 2.69. The van der Waals surface area contributed by atoms with Gasteiger partial charge in [0.2, 0.25) is 0 Å². The number of carbonyl (C=O) groups excluding carboxylic acids is 2. The third-order valence-corrected chi connectivity index (χ3v) is 4.15. The van der Waals surface area contributed by atoms with Crippen LogP contribution in [0.2, 0.25) is 0 Å². The van der Waals surface area contributed by atoms with Gasteiger partial charge in [-0.3, -0.25) is 0 Å². The van der Waals surface area contributed by atoms with Crippen LogP contribution in [0.25, 0.3) is 6.08 Å². The van der Waals surface area contributed by atoms with Crippen molar-refractivity contribution in [3.05, 3.63) is 51.7 Å². The minimum atomic E-state index is -0.500. The third-order valence-electron chi connectivity index (χ3n) is 3.30. The number of esters is 1. The van der Waals surface area contributed by atoms with Gasteiger partial charge in [0, 0.05) is 0 Å². The highest BCUT2D eigenvalue weighted by Crippen LogP contribution is 2.30. The average molecular weight is 343 g/mol. The van der Waals surface area contributed by atoms with Crippen molar-refractivity contribution in [2.75, 3.05) is 7.11 Å². The molecule has 1 aliphatic rings. The minimum absolute atomic E-state index is 0.303. The number of methoxy groups -OCH3 is 1. The molecule has 1 aliphatic heterocycles. The lowest BCUT2D eigenvalue weighted by molar-refractivity contribution is -0.136. The molecule has 0 unspecified atom stereocenters. The molecule has 0 fully saturated rings. The zero-order chi connectivity index (χ0) is 17.1. The number of nitrogens with zero attached hydrogens (tertiary/aromatic N) is 1. The number of ether oxygens (including phenoxy) is 2. The molecule has 0 saturated heterocycles. The SMILES string of the molecule is COc1cc(C=C2C(=O)ON=C2C)ccc1OC(=O)c1cccs1. The first kappa shape index (κ1) is 15.9. The van der Waals surface area contributed by atoms with Crippen molar-refractivity contribution in [2.24, 2.45) is 5.16 Å². The van der Waals surface area contributed by atoms with E-state index in [9.17, 15) is 9.59 Å². The second-order valence-electron chi connectivity index (χ2n) is 4.89. The summed E-state index contributed by atoms with van der Waals surface area (Å²) in [6.07, 6.45) is 1.64. The van der Waals surface area contributed by atoms with Crippen LogP contribution in [0.5, 0.6) is 11.5 Å². The Morgan fingerprint density at radius 3 is 2.75 bits per heavy atom. The smallest absolute Gasteiger partial charge is 0.367 e. The first-order chi connectivity index (χ1) is 11.6. The summed E-state index contributed by atoms with van der Waals surface area (Å²) in [6, 6.07) is 8.46. The number of hydrogen-bond acceptors (Lipinski definition) is 7. The van der Waals surface area contributed by atoms with E-state index in [1.165, 1.54) is 18.4 Å². The molecule has 2 heterocycles. The number of thiophene rings is 1. The largest absolute Gasteiger partial charge is 0.493 e. The van der Waals surface area contributed by atoms with Gasteiger partial charge in [0.15, 0.2) is 11.5 Å². The summed E-state index contributed by atoms with van der Waals surface area (Å²) in [5.41, 5.74) is 1.58. The van der Waals surface area contributed by atoms with E-state index in [1.54, 1.807) is 48.7 Å². The predicted octanol–water partition coefficient (Wildman–Crippen LogP) is 3.29. The van der Waals surface area contributed by atoms with Crippen LogP contribution >= 0.6 is 11.3 Å². The molecule has 7 heteroatoms. The topological polar surface area (TPSA) is 74.2 Å². The number of oxime groups is 1. The molecule has 0 radical (unpaired) electrons. The molecule has 1 aromatic carbocycles. The van der Waals surface area contributed by atoms with E-state index in [4.69, 9.17) is 9.47 Å². The van der Waals surface area contributed by atoms with Gasteiger partial charge in [-0.1, -0.05) is 17.3 Å². The molecule has 0 N–H and O–H groups in total. The van der Waals surface area contributed by atoms with Crippen molar-refractivity contribution in [3.63, 3.8) is 0 Å². The van der Waals surface area contributed by atoms with Crippen LogP contribution in [0.15, 0.2) is 46.4 Å². The lowest BCUT2D eigenvalue weighted by atomic mass is 10.1. The first-order valence-corrected chi connectivity index (χ1v) is 7.88. The van der Waals surface area contributed by atoms with Gasteiger partial charge >= 0.3 is 11.9 Å². The zero-order valence-electron chi connectivity index (χ0n) is 12.9. The van der Waals surface area contributed by atoms with Crippen LogP contribution in [-0.2, 0) is 9.63 Å².